The van der Waals surface area contributed by atoms with Crippen molar-refractivity contribution in [1.82, 2.24) is 30.3 Å². The molecule has 1 aromatic carbocycles. The molecule has 1 fully saturated rings. The highest BCUT2D eigenvalue weighted by atomic mass is 127. The van der Waals surface area contributed by atoms with E-state index in [1.165, 1.54) is 12.0 Å². The maximum Gasteiger partial charge on any atom is 0.191 e. The minimum absolute atomic E-state index is 0. The number of hydrogen-bond acceptors (Lipinski definition) is 5. The van der Waals surface area contributed by atoms with Crippen molar-refractivity contribution in [1.29, 1.82) is 0 Å². The number of halogens is 1. The highest BCUT2D eigenvalue weighted by Gasteiger charge is 2.28. The molecule has 1 saturated heterocycles. The molecule has 9 heteroatoms. The van der Waals surface area contributed by atoms with E-state index in [1.807, 2.05) is 30.3 Å². The van der Waals surface area contributed by atoms with Crippen LogP contribution in [0.1, 0.15) is 37.0 Å². The average Bonchev–Trinajstić information content (AvgIpc) is 3.29. The minimum Gasteiger partial charge on any atom is -0.356 e. The Morgan fingerprint density at radius 2 is 2.00 bits per heavy atom. The Balaban J connectivity index is 0.00000363. The van der Waals surface area contributed by atoms with Crippen LogP contribution in [0.25, 0.3) is 0 Å². The Hall–Kier alpha value is -1.33. The zero-order chi connectivity index (χ0) is 22.1. The number of aromatic nitrogens is 3. The number of aryl methyl sites for hydroxylation is 1. The Morgan fingerprint density at radius 1 is 1.22 bits per heavy atom. The van der Waals surface area contributed by atoms with Crippen LogP contribution in [0.5, 0.6) is 0 Å². The van der Waals surface area contributed by atoms with Gasteiger partial charge in [-0.1, -0.05) is 30.3 Å². The fourth-order valence-corrected chi connectivity index (χ4v) is 4.41. The van der Waals surface area contributed by atoms with Gasteiger partial charge in [-0.3, -0.25) is 4.90 Å². The maximum absolute atomic E-state index is 4.78. The molecule has 0 amide bonds. The predicted octanol–water partition coefficient (Wildman–Crippen LogP) is 3.44. The summed E-state index contributed by atoms with van der Waals surface area (Å²) in [6.07, 6.45) is 4.48. The van der Waals surface area contributed by atoms with Crippen LogP contribution < -0.4 is 10.6 Å². The maximum atomic E-state index is 4.78. The van der Waals surface area contributed by atoms with Crippen molar-refractivity contribution in [3.63, 3.8) is 0 Å². The average molecular weight is 572 g/mol. The monoisotopic (exact) mass is 571 g/mol. The normalized spacial score (nSPS) is 19.1. The van der Waals surface area contributed by atoms with Gasteiger partial charge in [-0.15, -0.1) is 34.2 Å². The third-order valence-electron chi connectivity index (χ3n) is 5.96. The highest BCUT2D eigenvalue weighted by molar-refractivity contribution is 14.0. The van der Waals surface area contributed by atoms with Crippen LogP contribution in [0.2, 0.25) is 0 Å². The van der Waals surface area contributed by atoms with Gasteiger partial charge in [0.15, 0.2) is 11.8 Å². The van der Waals surface area contributed by atoms with E-state index in [0.29, 0.717) is 18.5 Å². The van der Waals surface area contributed by atoms with Crippen LogP contribution in [0.15, 0.2) is 35.3 Å². The third kappa shape index (κ3) is 8.22. The molecular formula is C23H38IN7S. The molecule has 2 aromatic rings. The summed E-state index contributed by atoms with van der Waals surface area (Å²) in [5.74, 6) is 4.43. The highest BCUT2D eigenvalue weighted by Crippen LogP contribution is 2.24. The van der Waals surface area contributed by atoms with E-state index in [9.17, 15) is 0 Å². The largest absolute Gasteiger partial charge is 0.356 e. The van der Waals surface area contributed by atoms with E-state index >= 15 is 0 Å². The van der Waals surface area contributed by atoms with Crippen molar-refractivity contribution in [2.24, 2.45) is 18.0 Å². The summed E-state index contributed by atoms with van der Waals surface area (Å²) in [7, 11) is 1.99. The van der Waals surface area contributed by atoms with E-state index in [0.717, 1.165) is 56.0 Å². The predicted molar refractivity (Wildman–Crippen MR) is 146 cm³/mol. The van der Waals surface area contributed by atoms with Crippen LogP contribution in [0, 0.1) is 12.8 Å². The van der Waals surface area contributed by atoms with E-state index < -0.39 is 0 Å². The third-order valence-corrected chi connectivity index (χ3v) is 6.65. The number of benzene rings is 1. The summed E-state index contributed by atoms with van der Waals surface area (Å²) >= 11 is 1.88. The molecule has 3 rings (SSSR count). The van der Waals surface area contributed by atoms with Gasteiger partial charge in [0.1, 0.15) is 12.4 Å². The molecule has 178 valence electrons. The molecule has 2 atom stereocenters. The minimum atomic E-state index is 0. The van der Waals surface area contributed by atoms with Crippen molar-refractivity contribution < 1.29 is 0 Å². The molecule has 7 nitrogen and oxygen atoms in total. The molecule has 0 bridgehead atoms. The summed E-state index contributed by atoms with van der Waals surface area (Å²) in [6.45, 7) is 8.82. The lowest BCUT2D eigenvalue weighted by Crippen LogP contribution is -2.41. The topological polar surface area (TPSA) is 70.4 Å². The van der Waals surface area contributed by atoms with Gasteiger partial charge in [0, 0.05) is 39.3 Å². The second-order valence-electron chi connectivity index (χ2n) is 8.41. The molecule has 32 heavy (non-hydrogen) atoms. The van der Waals surface area contributed by atoms with Gasteiger partial charge in [-0.2, -0.15) is 11.8 Å². The lowest BCUT2D eigenvalue weighted by Gasteiger charge is -2.21. The molecular weight excluding hydrogens is 533 g/mol. The number of thioether (sulfide) groups is 1. The van der Waals surface area contributed by atoms with Crippen molar-refractivity contribution in [3.05, 3.63) is 47.5 Å². The first-order valence-corrected chi connectivity index (χ1v) is 12.6. The Labute approximate surface area is 214 Å². The quantitative estimate of drug-likeness (QED) is 0.197. The summed E-state index contributed by atoms with van der Waals surface area (Å²) in [5.41, 5.74) is 1.39. The van der Waals surface area contributed by atoms with Crippen molar-refractivity contribution in [3.8, 4) is 0 Å². The molecule has 2 N–H and O–H groups in total. The fraction of sp³-hybridized carbons (Fsp3) is 0.609. The summed E-state index contributed by atoms with van der Waals surface area (Å²) in [4.78, 5) is 7.37. The summed E-state index contributed by atoms with van der Waals surface area (Å²) < 4.78 is 1.99. The Morgan fingerprint density at radius 3 is 2.69 bits per heavy atom. The SMILES string of the molecule is CSCCCNC(=NCc1nnc(C)n1C)NCC1CC(C)N(Cc2ccccc2)C1.I. The molecule has 2 heterocycles. The first kappa shape index (κ1) is 26.9. The van der Waals surface area contributed by atoms with Crippen LogP contribution in [0.3, 0.4) is 0 Å². The van der Waals surface area contributed by atoms with Gasteiger partial charge < -0.3 is 15.2 Å². The first-order valence-electron chi connectivity index (χ1n) is 11.2. The lowest BCUT2D eigenvalue weighted by atomic mass is 10.1. The fourth-order valence-electron chi connectivity index (χ4n) is 3.98. The van der Waals surface area contributed by atoms with Gasteiger partial charge in [0.25, 0.3) is 0 Å². The van der Waals surface area contributed by atoms with E-state index in [-0.39, 0.29) is 24.0 Å². The van der Waals surface area contributed by atoms with Crippen LogP contribution in [0.4, 0.5) is 0 Å². The van der Waals surface area contributed by atoms with Crippen molar-refractivity contribution in [2.45, 2.75) is 45.8 Å². The molecule has 0 saturated carbocycles. The zero-order valence-electron chi connectivity index (χ0n) is 19.8. The standard InChI is InChI=1S/C23H37N7S.HI/c1-18-13-21(17-30(18)16-20-9-6-5-7-10-20)14-25-23(24-11-8-12-31-4)26-15-22-28-27-19(2)29(22)3;/h5-7,9-10,18,21H,8,11-17H2,1-4H3,(H2,24,25,26);1H. The van der Waals surface area contributed by atoms with E-state index in [2.05, 4.69) is 69.2 Å². The van der Waals surface area contributed by atoms with Gasteiger partial charge >= 0.3 is 0 Å². The Bertz CT molecular complexity index is 827. The lowest BCUT2D eigenvalue weighted by molar-refractivity contribution is 0.255. The number of guanidine groups is 1. The van der Waals surface area contributed by atoms with Crippen molar-refractivity contribution >= 4 is 41.7 Å². The molecule has 2 unspecified atom stereocenters. The molecule has 0 aliphatic carbocycles. The summed E-state index contributed by atoms with van der Waals surface area (Å²) in [6, 6.07) is 11.4. The molecule has 0 radical (unpaired) electrons. The van der Waals surface area contributed by atoms with E-state index in [4.69, 9.17) is 4.99 Å². The number of rotatable bonds is 10. The Kier molecular flexibility index (Phi) is 11.8. The molecule has 1 aliphatic heterocycles. The molecule has 1 aromatic heterocycles. The number of likely N-dealkylation sites (tertiary alicyclic amines) is 1. The van der Waals surface area contributed by atoms with Crippen LogP contribution >= 0.6 is 35.7 Å². The molecule has 0 spiro atoms. The van der Waals surface area contributed by atoms with E-state index in [1.54, 1.807) is 0 Å². The van der Waals surface area contributed by atoms with Gasteiger partial charge in [-0.25, -0.2) is 4.99 Å². The molecule has 1 aliphatic rings. The second kappa shape index (κ2) is 14.0. The van der Waals surface area contributed by atoms with Gasteiger partial charge in [0.2, 0.25) is 0 Å². The van der Waals surface area contributed by atoms with Crippen LogP contribution in [-0.4, -0.2) is 63.3 Å². The van der Waals surface area contributed by atoms with Gasteiger partial charge in [-0.05, 0) is 50.2 Å². The number of aliphatic imine (C=N–C) groups is 1. The number of nitrogens with zero attached hydrogens (tertiary/aromatic N) is 5. The zero-order valence-corrected chi connectivity index (χ0v) is 22.9. The number of hydrogen-bond donors (Lipinski definition) is 2. The summed E-state index contributed by atoms with van der Waals surface area (Å²) in [5, 5.41) is 15.4. The van der Waals surface area contributed by atoms with Crippen molar-refractivity contribution in [2.75, 3.05) is 31.6 Å². The smallest absolute Gasteiger partial charge is 0.191 e. The number of nitrogens with one attached hydrogen (secondary N) is 2. The van der Waals surface area contributed by atoms with Gasteiger partial charge in [0.05, 0.1) is 0 Å². The second-order valence-corrected chi connectivity index (χ2v) is 9.39. The van der Waals surface area contributed by atoms with Crippen LogP contribution in [-0.2, 0) is 20.1 Å². The first-order chi connectivity index (χ1) is 15.1.